The molecule has 0 unspecified atom stereocenters. The number of nitrogens with zero attached hydrogens (tertiary/aromatic N) is 7. The number of hydrogen-bond donors (Lipinski definition) is 0. The van der Waals surface area contributed by atoms with Crippen LogP contribution in [-0.4, -0.2) is 56.2 Å². The number of hydrogen-bond acceptors (Lipinski definition) is 9. The quantitative estimate of drug-likeness (QED) is 0.165. The van der Waals surface area contributed by atoms with Crippen molar-refractivity contribution < 1.29 is 18.3 Å². The van der Waals surface area contributed by atoms with E-state index >= 15 is 4.39 Å². The lowest BCUT2D eigenvalue weighted by molar-refractivity contribution is 0.0768. The lowest BCUT2D eigenvalue weighted by Crippen LogP contribution is -2.55. The van der Waals surface area contributed by atoms with Gasteiger partial charge < -0.3 is 19.0 Å². The molecule has 13 heteroatoms. The summed E-state index contributed by atoms with van der Waals surface area (Å²) >= 11 is 6.94. The number of halogens is 2. The number of piperazine rings is 1. The molecule has 1 amide bonds. The van der Waals surface area contributed by atoms with E-state index in [1.54, 1.807) is 30.5 Å². The Morgan fingerprint density at radius 3 is 2.71 bits per heavy atom. The molecule has 1 atom stereocenters. The first-order valence-corrected chi connectivity index (χ1v) is 16.9. The van der Waals surface area contributed by atoms with Crippen molar-refractivity contribution in [1.82, 2.24) is 24.4 Å². The van der Waals surface area contributed by atoms with Crippen molar-refractivity contribution >= 4 is 45.5 Å². The highest BCUT2D eigenvalue weighted by molar-refractivity contribution is 6.34. The molecule has 0 radical (unpaired) electrons. The summed E-state index contributed by atoms with van der Waals surface area (Å²) in [7, 11) is 0. The summed E-state index contributed by atoms with van der Waals surface area (Å²) in [4.78, 5) is 45.0. The lowest BCUT2D eigenvalue weighted by atomic mass is 10.0. The van der Waals surface area contributed by atoms with Gasteiger partial charge in [0, 0.05) is 31.2 Å². The van der Waals surface area contributed by atoms with E-state index in [9.17, 15) is 14.9 Å². The fraction of sp³-hybridized carbons (Fsp3) is 0.263. The van der Waals surface area contributed by atoms with E-state index < -0.39 is 23.6 Å². The molecule has 2 aromatic carbocycles. The molecule has 5 heterocycles. The first-order valence-electron chi connectivity index (χ1n) is 16.5. The van der Waals surface area contributed by atoms with Gasteiger partial charge in [-0.05, 0) is 54.3 Å². The van der Waals surface area contributed by atoms with Crippen LogP contribution >= 0.6 is 11.6 Å². The Labute approximate surface area is 297 Å². The van der Waals surface area contributed by atoms with E-state index in [4.69, 9.17) is 25.7 Å². The van der Waals surface area contributed by atoms with Gasteiger partial charge in [0.1, 0.15) is 23.8 Å². The molecular formula is C38H33ClFN7O4. The van der Waals surface area contributed by atoms with Crippen LogP contribution in [0.3, 0.4) is 0 Å². The Hall–Kier alpha value is -5.80. The predicted octanol–water partition coefficient (Wildman–Crippen LogP) is 7.55. The summed E-state index contributed by atoms with van der Waals surface area (Å²) in [6.07, 6.45) is 2.63. The summed E-state index contributed by atoms with van der Waals surface area (Å²) in [6, 6.07) is 19.0. The van der Waals surface area contributed by atoms with Crippen LogP contribution in [0.1, 0.15) is 43.0 Å². The normalized spacial score (nSPS) is 14.7. The lowest BCUT2D eigenvalue weighted by Gasteiger charge is -2.40. The average Bonchev–Trinajstić information content (AvgIpc) is 3.60. The maximum atomic E-state index is 15.6. The summed E-state index contributed by atoms with van der Waals surface area (Å²) in [5, 5.41) is 10.9. The molecule has 6 aromatic rings. The van der Waals surface area contributed by atoms with Crippen LogP contribution < -0.4 is 10.6 Å². The third-order valence-corrected chi connectivity index (χ3v) is 9.37. The van der Waals surface area contributed by atoms with Gasteiger partial charge in [0.2, 0.25) is 0 Å². The Kier molecular flexibility index (Phi) is 9.14. The van der Waals surface area contributed by atoms with Crippen molar-refractivity contribution in [3.8, 4) is 23.0 Å². The van der Waals surface area contributed by atoms with Gasteiger partial charge >= 0.3 is 11.8 Å². The molecule has 1 aliphatic heterocycles. The van der Waals surface area contributed by atoms with Gasteiger partial charge in [0.15, 0.2) is 5.65 Å². The summed E-state index contributed by atoms with van der Waals surface area (Å²) in [5.74, 6) is -0.384. The molecule has 0 spiro atoms. The van der Waals surface area contributed by atoms with Crippen LogP contribution in [0.5, 0.6) is 0 Å². The van der Waals surface area contributed by atoms with Crippen LogP contribution in [0.15, 0.2) is 82.3 Å². The van der Waals surface area contributed by atoms with Crippen LogP contribution in [0, 0.1) is 24.1 Å². The number of ether oxygens (including phenoxy) is 1. The topological polar surface area (TPSA) is 130 Å². The number of rotatable bonds is 7. The number of aryl methyl sites for hydroxylation is 1. The second-order valence-electron chi connectivity index (χ2n) is 12.7. The fourth-order valence-electron chi connectivity index (χ4n) is 6.61. The highest BCUT2D eigenvalue weighted by Crippen LogP contribution is 2.39. The zero-order valence-electron chi connectivity index (χ0n) is 28.1. The Balaban J connectivity index is 1.37. The molecule has 51 heavy (non-hydrogen) atoms. The third-order valence-electron chi connectivity index (χ3n) is 9.08. The highest BCUT2D eigenvalue weighted by Gasteiger charge is 2.34. The van der Waals surface area contributed by atoms with E-state index in [-0.39, 0.29) is 71.9 Å². The molecule has 11 nitrogen and oxygen atoms in total. The number of benzene rings is 2. The van der Waals surface area contributed by atoms with Gasteiger partial charge in [-0.3, -0.25) is 4.98 Å². The van der Waals surface area contributed by atoms with Gasteiger partial charge in [0.25, 0.3) is 0 Å². The molecule has 7 rings (SSSR count). The minimum absolute atomic E-state index is 0.0220. The van der Waals surface area contributed by atoms with Crippen molar-refractivity contribution in [3.63, 3.8) is 0 Å². The van der Waals surface area contributed by atoms with Crippen LogP contribution in [-0.2, 0) is 11.3 Å². The molecule has 1 fully saturated rings. The van der Waals surface area contributed by atoms with Crippen molar-refractivity contribution in [2.75, 3.05) is 24.5 Å². The van der Waals surface area contributed by atoms with Crippen LogP contribution in [0.2, 0.25) is 5.02 Å². The second kappa shape index (κ2) is 13.8. The molecular weight excluding hydrogens is 673 g/mol. The Bertz CT molecular complexity index is 2390. The Morgan fingerprint density at radius 2 is 1.94 bits per heavy atom. The number of furan rings is 1. The van der Waals surface area contributed by atoms with Gasteiger partial charge in [-0.15, -0.1) is 0 Å². The van der Waals surface area contributed by atoms with Crippen molar-refractivity contribution in [3.05, 3.63) is 111 Å². The van der Waals surface area contributed by atoms with Gasteiger partial charge in [0.05, 0.1) is 57.8 Å². The molecule has 0 aliphatic carbocycles. The number of amides is 1. The van der Waals surface area contributed by atoms with Gasteiger partial charge in [-0.2, -0.15) is 10.2 Å². The largest absolute Gasteiger partial charge is 0.464 e. The maximum Gasteiger partial charge on any atom is 0.410 e. The van der Waals surface area contributed by atoms with Crippen molar-refractivity contribution in [1.29, 1.82) is 5.26 Å². The zero-order chi connectivity index (χ0) is 35.8. The monoisotopic (exact) mass is 705 g/mol. The first kappa shape index (κ1) is 33.7. The number of nitriles is 1. The SMILES string of the molecule is Cc1ccnc(C(C)C)c1-n1c(=O)nc(N2CCN(C(=O)OCc3ccccc3)[C@@H](CC#N)C2)c2cc(Cl)c(-c3c(F)ccc4ccoc34)nc21. The zero-order valence-corrected chi connectivity index (χ0v) is 28.9. The Morgan fingerprint density at radius 1 is 1.14 bits per heavy atom. The van der Waals surface area contributed by atoms with Gasteiger partial charge in [-0.25, -0.2) is 23.5 Å². The molecule has 1 aliphatic rings. The minimum Gasteiger partial charge on any atom is -0.464 e. The number of fused-ring (bicyclic) bond motifs is 2. The second-order valence-corrected chi connectivity index (χ2v) is 13.1. The molecule has 4 aromatic heterocycles. The molecule has 0 N–H and O–H groups in total. The smallest absolute Gasteiger partial charge is 0.410 e. The van der Waals surface area contributed by atoms with Crippen LogP contribution in [0.4, 0.5) is 15.0 Å². The molecule has 0 saturated carbocycles. The number of carbonyl (C=O) groups excluding carboxylic acids is 1. The van der Waals surface area contributed by atoms with E-state index in [0.29, 0.717) is 22.2 Å². The van der Waals surface area contributed by atoms with Crippen LogP contribution in [0.25, 0.3) is 38.9 Å². The highest BCUT2D eigenvalue weighted by atomic mass is 35.5. The van der Waals surface area contributed by atoms with E-state index in [1.165, 1.54) is 21.8 Å². The molecule has 0 bridgehead atoms. The standard InChI is InChI=1S/C38H33ClFN7O4/c1-22(2)31-33(23(3)12-15-42-31)47-36-27(19-28(39)32(43-36)30-29(40)10-9-25-13-18-50-34(25)30)35(44-37(47)48)45-16-17-46(26(20-45)11-14-41)38(49)51-21-24-7-5-4-6-8-24/h4-10,12-13,15,18-19,22,26H,11,16-17,20-21H2,1-3H3/t26-/m0/s1. The summed E-state index contributed by atoms with van der Waals surface area (Å²) in [5.41, 5.74) is 2.76. The number of aromatic nitrogens is 4. The van der Waals surface area contributed by atoms with Gasteiger partial charge in [-0.1, -0.05) is 55.8 Å². The summed E-state index contributed by atoms with van der Waals surface area (Å²) < 4.78 is 28.3. The van der Waals surface area contributed by atoms with E-state index in [1.807, 2.05) is 56.0 Å². The van der Waals surface area contributed by atoms with Crippen molar-refractivity contribution in [2.45, 2.75) is 45.8 Å². The molecule has 258 valence electrons. The van der Waals surface area contributed by atoms with Crippen molar-refractivity contribution in [2.24, 2.45) is 0 Å². The number of anilines is 1. The molecule has 1 saturated heterocycles. The number of pyridine rings is 2. The number of carbonyl (C=O) groups is 1. The maximum absolute atomic E-state index is 15.6. The predicted molar refractivity (Wildman–Crippen MR) is 191 cm³/mol. The van der Waals surface area contributed by atoms with E-state index in [2.05, 4.69) is 16.0 Å². The van der Waals surface area contributed by atoms with E-state index in [0.717, 1.165) is 11.1 Å². The average molecular weight is 706 g/mol. The summed E-state index contributed by atoms with van der Waals surface area (Å²) in [6.45, 7) is 6.58. The third kappa shape index (κ3) is 6.25. The first-order chi connectivity index (χ1) is 24.7. The fourth-order valence-corrected chi connectivity index (χ4v) is 6.85. The minimum atomic E-state index is -0.630.